The van der Waals surface area contributed by atoms with Crippen LogP contribution < -0.4 is 5.32 Å². The SMILES string of the molecule is CNC(Cc1nc(C(C)(C)C)cs1)c1cccc(C)c1I. The number of aromatic nitrogens is 1. The van der Waals surface area contributed by atoms with Crippen molar-refractivity contribution in [2.75, 3.05) is 7.05 Å². The first-order valence-corrected chi connectivity index (χ1v) is 9.16. The van der Waals surface area contributed by atoms with E-state index in [9.17, 15) is 0 Å². The van der Waals surface area contributed by atoms with Crippen molar-refractivity contribution in [3.63, 3.8) is 0 Å². The summed E-state index contributed by atoms with van der Waals surface area (Å²) < 4.78 is 1.35. The Hall–Kier alpha value is -0.460. The summed E-state index contributed by atoms with van der Waals surface area (Å²) in [4.78, 5) is 4.82. The van der Waals surface area contributed by atoms with Gasteiger partial charge < -0.3 is 5.32 Å². The van der Waals surface area contributed by atoms with E-state index in [4.69, 9.17) is 4.98 Å². The first kappa shape index (κ1) is 16.9. The number of hydrogen-bond donors (Lipinski definition) is 1. The van der Waals surface area contributed by atoms with Gasteiger partial charge in [0.1, 0.15) is 0 Å². The fourth-order valence-electron chi connectivity index (χ4n) is 2.23. The summed E-state index contributed by atoms with van der Waals surface area (Å²) in [5.74, 6) is 0. The van der Waals surface area contributed by atoms with Crippen LogP contribution in [0.25, 0.3) is 0 Å². The van der Waals surface area contributed by atoms with Crippen LogP contribution in [0.15, 0.2) is 23.6 Å². The molecule has 0 aliphatic rings. The molecule has 4 heteroatoms. The number of rotatable bonds is 4. The van der Waals surface area contributed by atoms with Crippen LogP contribution in [-0.2, 0) is 11.8 Å². The molecule has 0 saturated carbocycles. The molecule has 0 aliphatic heterocycles. The molecule has 0 aliphatic carbocycles. The van der Waals surface area contributed by atoms with Gasteiger partial charge in [0.25, 0.3) is 0 Å². The topological polar surface area (TPSA) is 24.9 Å². The maximum absolute atomic E-state index is 4.82. The second-order valence-electron chi connectivity index (χ2n) is 6.40. The maximum Gasteiger partial charge on any atom is 0.0947 e. The van der Waals surface area contributed by atoms with Gasteiger partial charge in [0, 0.05) is 26.8 Å². The zero-order chi connectivity index (χ0) is 15.6. The Labute approximate surface area is 145 Å². The highest BCUT2D eigenvalue weighted by Gasteiger charge is 2.20. The highest BCUT2D eigenvalue weighted by Crippen LogP contribution is 2.29. The number of hydrogen-bond acceptors (Lipinski definition) is 3. The zero-order valence-electron chi connectivity index (χ0n) is 13.3. The Morgan fingerprint density at radius 1 is 1.33 bits per heavy atom. The Morgan fingerprint density at radius 3 is 2.62 bits per heavy atom. The fourth-order valence-corrected chi connectivity index (χ4v) is 4.03. The van der Waals surface area contributed by atoms with Gasteiger partial charge >= 0.3 is 0 Å². The summed E-state index contributed by atoms with van der Waals surface area (Å²) in [5.41, 5.74) is 4.02. The van der Waals surface area contributed by atoms with Gasteiger partial charge in [-0.1, -0.05) is 39.0 Å². The molecule has 2 rings (SSSR count). The van der Waals surface area contributed by atoms with Crippen LogP contribution in [0.3, 0.4) is 0 Å². The molecule has 1 aromatic carbocycles. The molecule has 0 spiro atoms. The van der Waals surface area contributed by atoms with E-state index in [0.29, 0.717) is 6.04 Å². The predicted octanol–water partition coefficient (Wildman–Crippen LogP) is 4.86. The van der Waals surface area contributed by atoms with E-state index in [1.807, 2.05) is 7.05 Å². The highest BCUT2D eigenvalue weighted by atomic mass is 127. The molecule has 0 amide bonds. The molecule has 1 unspecified atom stereocenters. The Kier molecular flexibility index (Phi) is 5.43. The molecular formula is C17H23IN2S. The summed E-state index contributed by atoms with van der Waals surface area (Å²) in [6.07, 6.45) is 0.941. The summed E-state index contributed by atoms with van der Waals surface area (Å²) in [5, 5.41) is 6.85. The summed E-state index contributed by atoms with van der Waals surface area (Å²) in [7, 11) is 2.03. The van der Waals surface area contributed by atoms with Crippen molar-refractivity contribution in [3.8, 4) is 0 Å². The minimum atomic E-state index is 0.127. The van der Waals surface area contributed by atoms with Crippen LogP contribution in [0.1, 0.15) is 48.6 Å². The van der Waals surface area contributed by atoms with E-state index in [-0.39, 0.29) is 5.41 Å². The van der Waals surface area contributed by atoms with Crippen LogP contribution in [0.4, 0.5) is 0 Å². The third-order valence-corrected chi connectivity index (χ3v) is 5.99. The molecule has 2 nitrogen and oxygen atoms in total. The molecule has 1 atom stereocenters. The van der Waals surface area contributed by atoms with Gasteiger partial charge in [-0.25, -0.2) is 4.98 Å². The van der Waals surface area contributed by atoms with Crippen molar-refractivity contribution in [2.24, 2.45) is 0 Å². The number of likely N-dealkylation sites (N-methyl/N-ethyl adjacent to an activating group) is 1. The molecule has 1 heterocycles. The lowest BCUT2D eigenvalue weighted by atomic mass is 9.93. The molecule has 1 aromatic heterocycles. The highest BCUT2D eigenvalue weighted by molar-refractivity contribution is 14.1. The van der Waals surface area contributed by atoms with Crippen molar-refractivity contribution in [1.82, 2.24) is 10.3 Å². The minimum Gasteiger partial charge on any atom is -0.313 e. The number of aryl methyl sites for hydroxylation is 1. The van der Waals surface area contributed by atoms with E-state index < -0.39 is 0 Å². The molecule has 21 heavy (non-hydrogen) atoms. The van der Waals surface area contributed by atoms with E-state index in [1.165, 1.54) is 25.4 Å². The van der Waals surface area contributed by atoms with Crippen molar-refractivity contribution in [1.29, 1.82) is 0 Å². The average molecular weight is 414 g/mol. The Bertz CT molecular complexity index is 613. The molecule has 0 saturated heterocycles. The molecule has 0 radical (unpaired) electrons. The third kappa shape index (κ3) is 4.05. The summed E-state index contributed by atoms with van der Waals surface area (Å²) >= 11 is 4.22. The number of halogens is 1. The van der Waals surface area contributed by atoms with Crippen molar-refractivity contribution in [2.45, 2.75) is 45.6 Å². The van der Waals surface area contributed by atoms with Crippen LogP contribution in [0.2, 0.25) is 0 Å². The van der Waals surface area contributed by atoms with Gasteiger partial charge in [0.2, 0.25) is 0 Å². The van der Waals surface area contributed by atoms with E-state index in [0.717, 1.165) is 6.42 Å². The van der Waals surface area contributed by atoms with Crippen molar-refractivity contribution in [3.05, 3.63) is 49.0 Å². The number of nitrogens with zero attached hydrogens (tertiary/aromatic N) is 1. The first-order chi connectivity index (χ1) is 9.82. The van der Waals surface area contributed by atoms with E-state index >= 15 is 0 Å². The number of thiazole rings is 1. The summed E-state index contributed by atoms with van der Waals surface area (Å²) in [6.45, 7) is 8.81. The Balaban J connectivity index is 2.23. The normalized spacial score (nSPS) is 13.4. The molecule has 0 fully saturated rings. The van der Waals surface area contributed by atoms with Crippen LogP contribution in [0, 0.1) is 10.5 Å². The lowest BCUT2D eigenvalue weighted by molar-refractivity contribution is 0.559. The van der Waals surface area contributed by atoms with E-state index in [2.05, 4.69) is 79.2 Å². The lowest BCUT2D eigenvalue weighted by Crippen LogP contribution is -2.20. The molecular weight excluding hydrogens is 391 g/mol. The first-order valence-electron chi connectivity index (χ1n) is 7.20. The predicted molar refractivity (Wildman–Crippen MR) is 100 cm³/mol. The smallest absolute Gasteiger partial charge is 0.0947 e. The molecule has 1 N–H and O–H groups in total. The fraction of sp³-hybridized carbons (Fsp3) is 0.471. The zero-order valence-corrected chi connectivity index (χ0v) is 16.3. The molecule has 0 bridgehead atoms. The standard InChI is InChI=1S/C17H23IN2S/c1-11-7-6-8-12(16(11)18)13(19-5)9-15-20-14(10-21-15)17(2,3)4/h6-8,10,13,19H,9H2,1-5H3. The van der Waals surface area contributed by atoms with Gasteiger partial charge in [-0.05, 0) is 47.7 Å². The monoisotopic (exact) mass is 414 g/mol. The Morgan fingerprint density at radius 2 is 2.05 bits per heavy atom. The van der Waals surface area contributed by atoms with E-state index in [1.54, 1.807) is 11.3 Å². The second-order valence-corrected chi connectivity index (χ2v) is 8.42. The largest absolute Gasteiger partial charge is 0.313 e. The minimum absolute atomic E-state index is 0.127. The third-order valence-electron chi connectivity index (χ3n) is 3.64. The quantitative estimate of drug-likeness (QED) is 0.723. The van der Waals surface area contributed by atoms with Crippen LogP contribution in [-0.4, -0.2) is 12.0 Å². The van der Waals surface area contributed by atoms with Crippen molar-refractivity contribution >= 4 is 33.9 Å². The molecule has 114 valence electrons. The van der Waals surface area contributed by atoms with Gasteiger partial charge in [0.05, 0.1) is 10.7 Å². The maximum atomic E-state index is 4.82. The van der Waals surface area contributed by atoms with Gasteiger partial charge in [-0.2, -0.15) is 0 Å². The lowest BCUT2D eigenvalue weighted by Gasteiger charge is -2.18. The second kappa shape index (κ2) is 6.75. The van der Waals surface area contributed by atoms with Gasteiger partial charge in [-0.15, -0.1) is 11.3 Å². The number of nitrogens with one attached hydrogen (secondary N) is 1. The van der Waals surface area contributed by atoms with Crippen LogP contribution >= 0.6 is 33.9 Å². The van der Waals surface area contributed by atoms with Gasteiger partial charge in [0.15, 0.2) is 0 Å². The summed E-state index contributed by atoms with van der Waals surface area (Å²) in [6, 6.07) is 6.84. The average Bonchev–Trinajstić information content (AvgIpc) is 2.88. The van der Waals surface area contributed by atoms with Gasteiger partial charge in [-0.3, -0.25) is 0 Å². The van der Waals surface area contributed by atoms with Crippen LogP contribution in [0.5, 0.6) is 0 Å². The van der Waals surface area contributed by atoms with Crippen molar-refractivity contribution < 1.29 is 0 Å². The molecule has 2 aromatic rings. The number of benzene rings is 1.